The van der Waals surface area contributed by atoms with Gasteiger partial charge in [0.2, 0.25) is 5.91 Å². The first-order chi connectivity index (χ1) is 11.6. The van der Waals surface area contributed by atoms with E-state index in [1.807, 2.05) is 0 Å². The first kappa shape index (κ1) is 16.1. The SMILES string of the molecule is COc1ccc2c(=O)n(CC(=O)Nc3ccccc3Cl)ccc2c1. The molecule has 1 heterocycles. The molecule has 0 bridgehead atoms. The summed E-state index contributed by atoms with van der Waals surface area (Å²) >= 11 is 6.01. The highest BCUT2D eigenvalue weighted by atomic mass is 35.5. The van der Waals surface area contributed by atoms with E-state index in [1.54, 1.807) is 61.8 Å². The summed E-state index contributed by atoms with van der Waals surface area (Å²) in [6, 6.07) is 13.9. The average molecular weight is 343 g/mol. The van der Waals surface area contributed by atoms with Crippen molar-refractivity contribution in [3.05, 3.63) is 70.1 Å². The van der Waals surface area contributed by atoms with Crippen LogP contribution in [0.3, 0.4) is 0 Å². The number of pyridine rings is 1. The van der Waals surface area contributed by atoms with Gasteiger partial charge in [-0.25, -0.2) is 0 Å². The lowest BCUT2D eigenvalue weighted by molar-refractivity contribution is -0.116. The number of para-hydroxylation sites is 1. The summed E-state index contributed by atoms with van der Waals surface area (Å²) in [6.45, 7) is -0.0912. The molecule has 0 unspecified atom stereocenters. The number of rotatable bonds is 4. The summed E-state index contributed by atoms with van der Waals surface area (Å²) in [6.07, 6.45) is 1.59. The van der Waals surface area contributed by atoms with E-state index < -0.39 is 0 Å². The molecule has 122 valence electrons. The fraction of sp³-hybridized carbons (Fsp3) is 0.111. The second kappa shape index (κ2) is 6.76. The van der Waals surface area contributed by atoms with E-state index in [1.165, 1.54) is 4.57 Å². The molecule has 0 fully saturated rings. The summed E-state index contributed by atoms with van der Waals surface area (Å²) in [5.41, 5.74) is 0.284. The van der Waals surface area contributed by atoms with Gasteiger partial charge in [0.1, 0.15) is 12.3 Å². The Morgan fingerprint density at radius 2 is 2.00 bits per heavy atom. The lowest BCUT2D eigenvalue weighted by Gasteiger charge is -2.10. The summed E-state index contributed by atoms with van der Waals surface area (Å²) in [4.78, 5) is 24.7. The minimum atomic E-state index is -0.321. The topological polar surface area (TPSA) is 60.3 Å². The van der Waals surface area contributed by atoms with Gasteiger partial charge in [0.05, 0.1) is 17.8 Å². The van der Waals surface area contributed by atoms with Crippen LogP contribution in [0.25, 0.3) is 10.8 Å². The molecule has 5 nitrogen and oxygen atoms in total. The number of aromatic nitrogens is 1. The van der Waals surface area contributed by atoms with Crippen LogP contribution in [-0.2, 0) is 11.3 Å². The number of methoxy groups -OCH3 is 1. The van der Waals surface area contributed by atoms with Gasteiger partial charge in [0, 0.05) is 11.6 Å². The van der Waals surface area contributed by atoms with E-state index >= 15 is 0 Å². The van der Waals surface area contributed by atoms with Crippen molar-refractivity contribution in [2.24, 2.45) is 0 Å². The number of ether oxygens (including phenoxy) is 1. The van der Waals surface area contributed by atoms with Crippen LogP contribution >= 0.6 is 11.6 Å². The summed E-state index contributed by atoms with van der Waals surface area (Å²) < 4.78 is 6.51. The standard InChI is InChI=1S/C18H15ClN2O3/c1-24-13-6-7-14-12(10-13)8-9-21(18(14)23)11-17(22)20-16-5-3-2-4-15(16)19/h2-10H,11H2,1H3,(H,20,22). The molecule has 0 atom stereocenters. The number of fused-ring (bicyclic) bond motifs is 1. The maximum absolute atomic E-state index is 12.5. The number of halogens is 1. The van der Waals surface area contributed by atoms with Crippen LogP contribution < -0.4 is 15.6 Å². The van der Waals surface area contributed by atoms with Crippen molar-refractivity contribution < 1.29 is 9.53 Å². The number of benzene rings is 2. The largest absolute Gasteiger partial charge is 0.497 e. The zero-order valence-electron chi connectivity index (χ0n) is 13.0. The third-order valence-electron chi connectivity index (χ3n) is 3.65. The maximum atomic E-state index is 12.5. The molecule has 0 saturated heterocycles. The van der Waals surface area contributed by atoms with E-state index in [0.717, 1.165) is 5.39 Å². The number of hydrogen-bond donors (Lipinski definition) is 1. The van der Waals surface area contributed by atoms with E-state index in [0.29, 0.717) is 21.8 Å². The molecule has 1 amide bonds. The molecule has 0 aliphatic carbocycles. The maximum Gasteiger partial charge on any atom is 0.258 e. The second-order valence-electron chi connectivity index (χ2n) is 5.23. The molecule has 1 aromatic heterocycles. The number of nitrogens with zero attached hydrogens (tertiary/aromatic N) is 1. The fourth-order valence-electron chi connectivity index (χ4n) is 2.42. The predicted octanol–water partition coefficient (Wildman–Crippen LogP) is 3.30. The molecule has 3 aromatic rings. The highest BCUT2D eigenvalue weighted by Crippen LogP contribution is 2.20. The predicted molar refractivity (Wildman–Crippen MR) is 94.8 cm³/mol. The van der Waals surface area contributed by atoms with Crippen molar-refractivity contribution in [3.63, 3.8) is 0 Å². The van der Waals surface area contributed by atoms with Gasteiger partial charge in [-0.15, -0.1) is 0 Å². The van der Waals surface area contributed by atoms with Crippen LogP contribution in [0, 0.1) is 0 Å². The van der Waals surface area contributed by atoms with Gasteiger partial charge in [-0.05, 0) is 41.8 Å². The summed E-state index contributed by atoms with van der Waals surface area (Å²) in [5.74, 6) is 0.356. The Labute approximate surface area is 143 Å². The zero-order valence-corrected chi connectivity index (χ0v) is 13.7. The normalized spacial score (nSPS) is 10.6. The lowest BCUT2D eigenvalue weighted by Crippen LogP contribution is -2.27. The third-order valence-corrected chi connectivity index (χ3v) is 3.98. The Balaban J connectivity index is 1.85. The van der Waals surface area contributed by atoms with E-state index in [9.17, 15) is 9.59 Å². The summed E-state index contributed by atoms with van der Waals surface area (Å²) in [7, 11) is 1.57. The number of carbonyl (C=O) groups excluding carboxylic acids is 1. The third kappa shape index (κ3) is 3.26. The molecule has 24 heavy (non-hydrogen) atoms. The first-order valence-electron chi connectivity index (χ1n) is 7.30. The molecule has 0 saturated carbocycles. The van der Waals surface area contributed by atoms with Crippen molar-refractivity contribution in [1.82, 2.24) is 4.57 Å². The van der Waals surface area contributed by atoms with Gasteiger partial charge < -0.3 is 14.6 Å². The Morgan fingerprint density at radius 3 is 2.75 bits per heavy atom. The molecular formula is C18H15ClN2O3. The fourth-order valence-corrected chi connectivity index (χ4v) is 2.61. The second-order valence-corrected chi connectivity index (χ2v) is 5.64. The number of nitrogens with one attached hydrogen (secondary N) is 1. The smallest absolute Gasteiger partial charge is 0.258 e. The Morgan fingerprint density at radius 1 is 1.21 bits per heavy atom. The summed E-state index contributed by atoms with van der Waals surface area (Å²) in [5, 5.41) is 4.45. The number of anilines is 1. The van der Waals surface area contributed by atoms with Crippen molar-refractivity contribution in [1.29, 1.82) is 0 Å². The van der Waals surface area contributed by atoms with Crippen molar-refractivity contribution in [3.8, 4) is 5.75 Å². The Kier molecular flexibility index (Phi) is 4.53. The van der Waals surface area contributed by atoms with E-state index in [2.05, 4.69) is 5.32 Å². The van der Waals surface area contributed by atoms with Crippen LogP contribution in [0.5, 0.6) is 5.75 Å². The monoisotopic (exact) mass is 342 g/mol. The molecule has 1 N–H and O–H groups in total. The van der Waals surface area contributed by atoms with E-state index in [-0.39, 0.29) is 18.0 Å². The number of carbonyl (C=O) groups is 1. The van der Waals surface area contributed by atoms with Gasteiger partial charge in [-0.1, -0.05) is 23.7 Å². The highest BCUT2D eigenvalue weighted by Gasteiger charge is 2.09. The van der Waals surface area contributed by atoms with Gasteiger partial charge >= 0.3 is 0 Å². The van der Waals surface area contributed by atoms with E-state index in [4.69, 9.17) is 16.3 Å². The van der Waals surface area contributed by atoms with Gasteiger partial charge in [0.15, 0.2) is 0 Å². The molecular weight excluding hydrogens is 328 g/mol. The van der Waals surface area contributed by atoms with Gasteiger partial charge in [-0.2, -0.15) is 0 Å². The molecule has 0 aliphatic heterocycles. The zero-order chi connectivity index (χ0) is 17.1. The molecule has 0 aliphatic rings. The minimum absolute atomic E-state index is 0.0912. The molecule has 0 radical (unpaired) electrons. The molecule has 6 heteroatoms. The molecule has 0 spiro atoms. The Bertz CT molecular complexity index is 966. The van der Waals surface area contributed by atoms with Gasteiger partial charge in [-0.3, -0.25) is 9.59 Å². The van der Waals surface area contributed by atoms with Crippen molar-refractivity contribution in [2.45, 2.75) is 6.54 Å². The molecule has 3 rings (SSSR count). The van der Waals surface area contributed by atoms with Crippen LogP contribution in [0.15, 0.2) is 59.5 Å². The van der Waals surface area contributed by atoms with Crippen LogP contribution in [0.2, 0.25) is 5.02 Å². The number of hydrogen-bond acceptors (Lipinski definition) is 3. The first-order valence-corrected chi connectivity index (χ1v) is 7.68. The van der Waals surface area contributed by atoms with Crippen LogP contribution in [-0.4, -0.2) is 17.6 Å². The molecule has 2 aromatic carbocycles. The van der Waals surface area contributed by atoms with Crippen molar-refractivity contribution in [2.75, 3.05) is 12.4 Å². The van der Waals surface area contributed by atoms with Crippen LogP contribution in [0.1, 0.15) is 0 Å². The quantitative estimate of drug-likeness (QED) is 0.791. The van der Waals surface area contributed by atoms with Gasteiger partial charge in [0.25, 0.3) is 5.56 Å². The van der Waals surface area contributed by atoms with Crippen LogP contribution in [0.4, 0.5) is 5.69 Å². The number of amides is 1. The lowest BCUT2D eigenvalue weighted by atomic mass is 10.1. The minimum Gasteiger partial charge on any atom is -0.497 e. The average Bonchev–Trinajstić information content (AvgIpc) is 2.59. The highest BCUT2D eigenvalue weighted by molar-refractivity contribution is 6.33. The Hall–Kier alpha value is -2.79. The van der Waals surface area contributed by atoms with Crippen molar-refractivity contribution >= 4 is 34.0 Å².